The van der Waals surface area contributed by atoms with Gasteiger partial charge in [0.2, 0.25) is 0 Å². The molecule has 0 aromatic heterocycles. The molecule has 2 N–H and O–H groups in total. The maximum absolute atomic E-state index is 6.34. The minimum absolute atomic E-state index is 0.509. The third-order valence-corrected chi connectivity index (χ3v) is 3.10. The highest BCUT2D eigenvalue weighted by Crippen LogP contribution is 2.42. The zero-order valence-corrected chi connectivity index (χ0v) is 10.6. The van der Waals surface area contributed by atoms with Crippen molar-refractivity contribution in [2.75, 3.05) is 19.8 Å². The van der Waals surface area contributed by atoms with Gasteiger partial charge in [-0.1, -0.05) is 30.7 Å². The van der Waals surface area contributed by atoms with E-state index in [1.54, 1.807) is 0 Å². The number of nitrogens with two attached hydrogens (primary N) is 1. The largest absolute Gasteiger partial charge is 0.486 e. The lowest BCUT2D eigenvalue weighted by Gasteiger charge is -2.22. The van der Waals surface area contributed by atoms with Crippen molar-refractivity contribution in [2.24, 2.45) is 5.73 Å². The second-order valence-corrected chi connectivity index (χ2v) is 4.15. The Morgan fingerprint density at radius 1 is 1.41 bits per heavy atom. The average Bonchev–Trinajstić information content (AvgIpc) is 2.36. The summed E-state index contributed by atoms with van der Waals surface area (Å²) in [6.07, 6.45) is 4.73. The number of benzene rings is 1. The zero-order chi connectivity index (χ0) is 12.3. The molecular formula is C13H16ClNO2. The predicted octanol–water partition coefficient (Wildman–Crippen LogP) is 2.65. The van der Waals surface area contributed by atoms with Gasteiger partial charge >= 0.3 is 0 Å². The van der Waals surface area contributed by atoms with Gasteiger partial charge in [0.1, 0.15) is 13.2 Å². The van der Waals surface area contributed by atoms with Crippen molar-refractivity contribution in [2.45, 2.75) is 13.3 Å². The Labute approximate surface area is 106 Å². The molecule has 0 bridgehead atoms. The van der Waals surface area contributed by atoms with Crippen LogP contribution in [0.1, 0.15) is 18.1 Å². The SMILES string of the molecule is CCc1c(/C=C/CN)cc2c(c1Cl)OCCO2. The highest BCUT2D eigenvalue weighted by Gasteiger charge is 2.19. The molecule has 1 aliphatic heterocycles. The van der Waals surface area contributed by atoms with Gasteiger partial charge in [0.15, 0.2) is 11.5 Å². The van der Waals surface area contributed by atoms with Gasteiger partial charge in [-0.3, -0.25) is 0 Å². The van der Waals surface area contributed by atoms with Crippen molar-refractivity contribution < 1.29 is 9.47 Å². The van der Waals surface area contributed by atoms with Crippen molar-refractivity contribution in [1.29, 1.82) is 0 Å². The van der Waals surface area contributed by atoms with Gasteiger partial charge < -0.3 is 15.2 Å². The second-order valence-electron chi connectivity index (χ2n) is 3.77. The second kappa shape index (κ2) is 5.43. The van der Waals surface area contributed by atoms with Crippen LogP contribution in [0, 0.1) is 0 Å². The molecule has 3 nitrogen and oxygen atoms in total. The van der Waals surface area contributed by atoms with Crippen LogP contribution in [0.4, 0.5) is 0 Å². The van der Waals surface area contributed by atoms with E-state index in [-0.39, 0.29) is 0 Å². The van der Waals surface area contributed by atoms with E-state index in [9.17, 15) is 0 Å². The summed E-state index contributed by atoms with van der Waals surface area (Å²) in [6, 6.07) is 1.96. The summed E-state index contributed by atoms with van der Waals surface area (Å²) < 4.78 is 11.1. The zero-order valence-electron chi connectivity index (χ0n) is 9.83. The van der Waals surface area contributed by atoms with Gasteiger partial charge in [-0.2, -0.15) is 0 Å². The smallest absolute Gasteiger partial charge is 0.180 e. The van der Waals surface area contributed by atoms with Crippen LogP contribution in [-0.4, -0.2) is 19.8 Å². The molecule has 1 aliphatic rings. The number of rotatable bonds is 3. The van der Waals surface area contributed by atoms with Crippen LogP contribution in [0.3, 0.4) is 0 Å². The summed E-state index contributed by atoms with van der Waals surface area (Å²) in [6.45, 7) is 3.69. The molecule has 2 rings (SSSR count). The van der Waals surface area contributed by atoms with Gasteiger partial charge in [-0.15, -0.1) is 0 Å². The Morgan fingerprint density at radius 3 is 2.88 bits per heavy atom. The molecule has 1 aromatic carbocycles. The molecule has 0 fully saturated rings. The first-order valence-electron chi connectivity index (χ1n) is 5.75. The topological polar surface area (TPSA) is 44.5 Å². The van der Waals surface area contributed by atoms with E-state index in [0.29, 0.717) is 30.5 Å². The number of hydrogen-bond acceptors (Lipinski definition) is 3. The molecule has 0 amide bonds. The fourth-order valence-corrected chi connectivity index (χ4v) is 2.30. The van der Waals surface area contributed by atoms with Gasteiger partial charge in [-0.25, -0.2) is 0 Å². The third kappa shape index (κ3) is 2.40. The minimum Gasteiger partial charge on any atom is -0.486 e. The highest BCUT2D eigenvalue weighted by atomic mass is 35.5. The molecule has 1 heterocycles. The first kappa shape index (κ1) is 12.3. The number of halogens is 1. The van der Waals surface area contributed by atoms with Crippen molar-refractivity contribution in [1.82, 2.24) is 0 Å². The molecule has 17 heavy (non-hydrogen) atoms. The molecule has 0 saturated carbocycles. The van der Waals surface area contributed by atoms with E-state index in [1.165, 1.54) is 0 Å². The number of fused-ring (bicyclic) bond motifs is 1. The first-order chi connectivity index (χ1) is 8.27. The maximum atomic E-state index is 6.34. The van der Waals surface area contributed by atoms with Crippen molar-refractivity contribution in [3.05, 3.63) is 28.3 Å². The van der Waals surface area contributed by atoms with Crippen molar-refractivity contribution in [3.63, 3.8) is 0 Å². The van der Waals surface area contributed by atoms with Gasteiger partial charge in [-0.05, 0) is 23.6 Å². The fourth-order valence-electron chi connectivity index (χ4n) is 1.91. The Morgan fingerprint density at radius 2 is 2.18 bits per heavy atom. The lowest BCUT2D eigenvalue weighted by Crippen LogP contribution is -2.16. The summed E-state index contributed by atoms with van der Waals surface area (Å²) in [7, 11) is 0. The normalized spacial score (nSPS) is 14.3. The first-order valence-corrected chi connectivity index (χ1v) is 6.13. The van der Waals surface area contributed by atoms with Gasteiger partial charge in [0.25, 0.3) is 0 Å². The van der Waals surface area contributed by atoms with Crippen LogP contribution in [-0.2, 0) is 6.42 Å². The van der Waals surface area contributed by atoms with E-state index in [0.717, 1.165) is 23.3 Å². The summed E-state index contributed by atoms with van der Waals surface area (Å²) >= 11 is 6.34. The highest BCUT2D eigenvalue weighted by molar-refractivity contribution is 6.33. The third-order valence-electron chi connectivity index (χ3n) is 2.70. The number of hydrogen-bond donors (Lipinski definition) is 1. The molecule has 92 valence electrons. The summed E-state index contributed by atoms with van der Waals surface area (Å²) in [4.78, 5) is 0. The number of ether oxygens (including phenoxy) is 2. The molecule has 4 heteroatoms. The summed E-state index contributed by atoms with van der Waals surface area (Å²) in [5, 5.41) is 0.654. The van der Waals surface area contributed by atoms with E-state index in [4.69, 9.17) is 26.8 Å². The minimum atomic E-state index is 0.509. The van der Waals surface area contributed by atoms with Crippen LogP contribution >= 0.6 is 11.6 Å². The van der Waals surface area contributed by atoms with Crippen LogP contribution in [0.5, 0.6) is 11.5 Å². The Balaban J connectivity index is 2.51. The average molecular weight is 254 g/mol. The Kier molecular flexibility index (Phi) is 3.92. The lowest BCUT2D eigenvalue weighted by molar-refractivity contribution is 0.171. The predicted molar refractivity (Wildman–Crippen MR) is 69.9 cm³/mol. The van der Waals surface area contributed by atoms with Crippen molar-refractivity contribution >= 4 is 17.7 Å². The molecular weight excluding hydrogens is 238 g/mol. The van der Waals surface area contributed by atoms with Crippen LogP contribution < -0.4 is 15.2 Å². The van der Waals surface area contributed by atoms with Crippen molar-refractivity contribution in [3.8, 4) is 11.5 Å². The molecule has 1 aromatic rings. The Hall–Kier alpha value is -1.19. The van der Waals surface area contributed by atoms with E-state index >= 15 is 0 Å². The quantitative estimate of drug-likeness (QED) is 0.901. The summed E-state index contributed by atoms with van der Waals surface area (Å²) in [5.41, 5.74) is 7.59. The fraction of sp³-hybridized carbons (Fsp3) is 0.385. The molecule has 0 atom stereocenters. The van der Waals surface area contributed by atoms with Gasteiger partial charge in [0, 0.05) is 6.54 Å². The van der Waals surface area contributed by atoms with E-state index < -0.39 is 0 Å². The molecule has 0 aliphatic carbocycles. The summed E-state index contributed by atoms with van der Waals surface area (Å²) in [5.74, 6) is 1.38. The van der Waals surface area contributed by atoms with Crippen LogP contribution in [0.25, 0.3) is 6.08 Å². The molecule has 0 saturated heterocycles. The monoisotopic (exact) mass is 253 g/mol. The van der Waals surface area contributed by atoms with Crippen LogP contribution in [0.15, 0.2) is 12.1 Å². The molecule has 0 radical (unpaired) electrons. The lowest BCUT2D eigenvalue weighted by atomic mass is 10.0. The molecule has 0 unspecified atom stereocenters. The Bertz CT molecular complexity index is 444. The van der Waals surface area contributed by atoms with Crippen LogP contribution in [0.2, 0.25) is 5.02 Å². The van der Waals surface area contributed by atoms with E-state index in [2.05, 4.69) is 6.92 Å². The van der Waals surface area contributed by atoms with E-state index in [1.807, 2.05) is 18.2 Å². The molecule has 0 spiro atoms. The standard InChI is InChI=1S/C13H16ClNO2/c1-2-10-9(4-3-5-15)8-11-13(12(10)14)17-7-6-16-11/h3-4,8H,2,5-7,15H2,1H3/b4-3+. The maximum Gasteiger partial charge on any atom is 0.180 e. The van der Waals surface area contributed by atoms with Gasteiger partial charge in [0.05, 0.1) is 5.02 Å².